The van der Waals surface area contributed by atoms with Crippen molar-refractivity contribution >= 4 is 38.6 Å². The van der Waals surface area contributed by atoms with Gasteiger partial charge in [0, 0.05) is 18.6 Å². The first kappa shape index (κ1) is 16.4. The molecular formula is C17H16BrFN4O. The molecule has 24 heavy (non-hydrogen) atoms. The molecule has 3 aromatic rings. The fourth-order valence-corrected chi connectivity index (χ4v) is 3.16. The average Bonchev–Trinajstić information content (AvgIpc) is 2.82. The summed E-state index contributed by atoms with van der Waals surface area (Å²) in [6.07, 6.45) is 0. The van der Waals surface area contributed by atoms with Gasteiger partial charge in [0.25, 0.3) is 5.91 Å². The molecule has 0 aliphatic rings. The summed E-state index contributed by atoms with van der Waals surface area (Å²) >= 11 is 3.25. The summed E-state index contributed by atoms with van der Waals surface area (Å²) in [7, 11) is 3.70. The molecule has 1 amide bonds. The van der Waals surface area contributed by atoms with Crippen LogP contribution in [0, 0.1) is 5.82 Å². The third kappa shape index (κ3) is 2.87. The van der Waals surface area contributed by atoms with Gasteiger partial charge in [-0.1, -0.05) is 28.1 Å². The number of hydrogen-bond acceptors (Lipinski definition) is 3. The van der Waals surface area contributed by atoms with Crippen molar-refractivity contribution in [3.05, 3.63) is 58.1 Å². The van der Waals surface area contributed by atoms with Gasteiger partial charge in [0.05, 0.1) is 28.8 Å². The summed E-state index contributed by atoms with van der Waals surface area (Å²) in [5, 5.41) is 0. The third-order valence-electron chi connectivity index (χ3n) is 3.95. The van der Waals surface area contributed by atoms with Crippen molar-refractivity contribution in [2.45, 2.75) is 6.54 Å². The Kier molecular flexibility index (Phi) is 4.28. The number of halogens is 2. The lowest BCUT2D eigenvalue weighted by Crippen LogP contribution is -2.24. The van der Waals surface area contributed by atoms with Crippen LogP contribution in [0.1, 0.15) is 16.2 Å². The van der Waals surface area contributed by atoms with E-state index in [1.807, 2.05) is 35.9 Å². The highest BCUT2D eigenvalue weighted by Crippen LogP contribution is 2.28. The fraction of sp³-hybridized carbons (Fsp3) is 0.176. The van der Waals surface area contributed by atoms with Gasteiger partial charge in [-0.05, 0) is 24.3 Å². The molecule has 124 valence electrons. The molecule has 5 nitrogen and oxygen atoms in total. The molecule has 2 aromatic carbocycles. The Morgan fingerprint density at radius 3 is 2.75 bits per heavy atom. The number of hydrogen-bond donors (Lipinski definition) is 1. The lowest BCUT2D eigenvalue weighted by atomic mass is 10.1. The molecular weight excluding hydrogens is 375 g/mol. The topological polar surface area (TPSA) is 64.2 Å². The summed E-state index contributed by atoms with van der Waals surface area (Å²) in [6.45, 7) is 0.404. The van der Waals surface area contributed by atoms with Gasteiger partial charge in [0.15, 0.2) is 0 Å². The van der Waals surface area contributed by atoms with E-state index < -0.39 is 11.7 Å². The molecule has 0 aliphatic heterocycles. The molecule has 2 N–H and O–H groups in total. The highest BCUT2D eigenvalue weighted by atomic mass is 79.9. The van der Waals surface area contributed by atoms with Crippen LogP contribution in [-0.4, -0.2) is 22.5 Å². The van der Waals surface area contributed by atoms with Crippen molar-refractivity contribution in [2.75, 3.05) is 11.9 Å². The van der Waals surface area contributed by atoms with Gasteiger partial charge in [-0.2, -0.15) is 0 Å². The molecule has 0 unspecified atom stereocenters. The van der Waals surface area contributed by atoms with Crippen molar-refractivity contribution in [2.24, 2.45) is 12.8 Å². The summed E-state index contributed by atoms with van der Waals surface area (Å²) in [4.78, 5) is 18.0. The molecule has 0 saturated carbocycles. The number of aromatic nitrogens is 2. The van der Waals surface area contributed by atoms with Crippen LogP contribution in [0.3, 0.4) is 0 Å². The minimum atomic E-state index is -0.799. The first-order valence-corrected chi connectivity index (χ1v) is 8.08. The van der Waals surface area contributed by atoms with E-state index in [0.717, 1.165) is 16.9 Å². The Bertz CT molecular complexity index is 938. The quantitative estimate of drug-likeness (QED) is 0.743. The molecule has 7 heteroatoms. The van der Waals surface area contributed by atoms with E-state index in [0.29, 0.717) is 16.7 Å². The van der Waals surface area contributed by atoms with Gasteiger partial charge in [0.1, 0.15) is 11.6 Å². The highest BCUT2D eigenvalue weighted by molar-refractivity contribution is 9.10. The van der Waals surface area contributed by atoms with Crippen molar-refractivity contribution < 1.29 is 9.18 Å². The number of anilines is 1. The maximum absolute atomic E-state index is 14.1. The van der Waals surface area contributed by atoms with E-state index in [4.69, 9.17) is 5.73 Å². The van der Waals surface area contributed by atoms with Gasteiger partial charge >= 0.3 is 0 Å². The number of nitrogens with zero attached hydrogens (tertiary/aromatic N) is 3. The Labute approximate surface area is 147 Å². The number of benzene rings is 2. The summed E-state index contributed by atoms with van der Waals surface area (Å²) in [5.74, 6) is -0.648. The first-order chi connectivity index (χ1) is 11.4. The minimum absolute atomic E-state index is 0.125. The number of rotatable bonds is 4. The second-order valence-electron chi connectivity index (χ2n) is 5.58. The van der Waals surface area contributed by atoms with Gasteiger partial charge < -0.3 is 15.2 Å². The van der Waals surface area contributed by atoms with E-state index >= 15 is 0 Å². The van der Waals surface area contributed by atoms with Crippen molar-refractivity contribution in [1.82, 2.24) is 9.55 Å². The summed E-state index contributed by atoms with van der Waals surface area (Å²) < 4.78 is 16.6. The zero-order chi connectivity index (χ0) is 17.4. The SMILES string of the molecule is CN(Cc1nc2ccccc2n1C)c1cc(Br)cc(F)c1C(N)=O. The van der Waals surface area contributed by atoms with E-state index in [1.165, 1.54) is 6.07 Å². The van der Waals surface area contributed by atoms with E-state index in [2.05, 4.69) is 20.9 Å². The van der Waals surface area contributed by atoms with Gasteiger partial charge in [-0.25, -0.2) is 9.37 Å². The van der Waals surface area contributed by atoms with Crippen LogP contribution in [0.5, 0.6) is 0 Å². The highest BCUT2D eigenvalue weighted by Gasteiger charge is 2.20. The normalized spacial score (nSPS) is 11.0. The smallest absolute Gasteiger partial charge is 0.253 e. The molecule has 0 fully saturated rings. The summed E-state index contributed by atoms with van der Waals surface area (Å²) in [5.41, 5.74) is 7.54. The van der Waals surface area contributed by atoms with E-state index in [-0.39, 0.29) is 5.56 Å². The number of amides is 1. The van der Waals surface area contributed by atoms with Crippen molar-refractivity contribution in [3.63, 3.8) is 0 Å². The van der Waals surface area contributed by atoms with Crippen LogP contribution in [0.25, 0.3) is 11.0 Å². The first-order valence-electron chi connectivity index (χ1n) is 7.29. The fourth-order valence-electron chi connectivity index (χ4n) is 2.74. The molecule has 1 heterocycles. The van der Waals surface area contributed by atoms with Gasteiger partial charge in [-0.3, -0.25) is 4.79 Å². The predicted molar refractivity (Wildman–Crippen MR) is 95.4 cm³/mol. The molecule has 1 aromatic heterocycles. The molecule has 0 saturated heterocycles. The van der Waals surface area contributed by atoms with Crippen molar-refractivity contribution in [1.29, 1.82) is 0 Å². The lowest BCUT2D eigenvalue weighted by Gasteiger charge is -2.22. The Morgan fingerprint density at radius 1 is 1.38 bits per heavy atom. The Morgan fingerprint density at radius 2 is 2.08 bits per heavy atom. The molecule has 0 aliphatic carbocycles. The van der Waals surface area contributed by atoms with Crippen molar-refractivity contribution in [3.8, 4) is 0 Å². The zero-order valence-electron chi connectivity index (χ0n) is 13.3. The number of imidazole rings is 1. The number of primary amides is 1. The van der Waals surface area contributed by atoms with Crippen LogP contribution >= 0.6 is 15.9 Å². The van der Waals surface area contributed by atoms with Gasteiger partial charge in [0.2, 0.25) is 0 Å². The monoisotopic (exact) mass is 390 g/mol. The number of carbonyl (C=O) groups is 1. The number of aryl methyl sites for hydroxylation is 1. The predicted octanol–water partition coefficient (Wildman–Crippen LogP) is 3.21. The maximum atomic E-state index is 14.1. The van der Waals surface area contributed by atoms with E-state index in [1.54, 1.807) is 18.0 Å². The average molecular weight is 391 g/mol. The molecule has 0 atom stereocenters. The second kappa shape index (κ2) is 6.24. The van der Waals surface area contributed by atoms with Crippen LogP contribution in [0.2, 0.25) is 0 Å². The van der Waals surface area contributed by atoms with Crippen LogP contribution in [0.15, 0.2) is 40.9 Å². The molecule has 0 spiro atoms. The number of nitrogens with two attached hydrogens (primary N) is 1. The second-order valence-corrected chi connectivity index (χ2v) is 6.49. The summed E-state index contributed by atoms with van der Waals surface area (Å²) in [6, 6.07) is 10.7. The molecule has 3 rings (SSSR count). The van der Waals surface area contributed by atoms with Gasteiger partial charge in [-0.15, -0.1) is 0 Å². The third-order valence-corrected chi connectivity index (χ3v) is 4.41. The Balaban J connectivity index is 2.02. The standard InChI is InChI=1S/C17H16BrFN4O/c1-22(14-8-10(18)7-11(19)16(14)17(20)24)9-15-21-12-5-3-4-6-13(12)23(15)2/h3-8H,9H2,1-2H3,(H2,20,24). The number of para-hydroxylation sites is 2. The number of fused-ring (bicyclic) bond motifs is 1. The largest absolute Gasteiger partial charge is 0.366 e. The Hall–Kier alpha value is -2.41. The minimum Gasteiger partial charge on any atom is -0.366 e. The maximum Gasteiger partial charge on any atom is 0.253 e. The van der Waals surface area contributed by atoms with Crippen LogP contribution < -0.4 is 10.6 Å². The van der Waals surface area contributed by atoms with Crippen LogP contribution in [0.4, 0.5) is 10.1 Å². The molecule has 0 radical (unpaired) electrons. The van der Waals surface area contributed by atoms with E-state index in [9.17, 15) is 9.18 Å². The lowest BCUT2D eigenvalue weighted by molar-refractivity contribution is 0.0997. The molecule has 0 bridgehead atoms. The zero-order valence-corrected chi connectivity index (χ0v) is 14.8. The number of carbonyl (C=O) groups excluding carboxylic acids is 1. The van der Waals surface area contributed by atoms with Crippen LogP contribution in [-0.2, 0) is 13.6 Å².